The molecule has 3 heteroatoms. The van der Waals surface area contributed by atoms with Crippen molar-refractivity contribution in [3.8, 4) is 17.0 Å². The zero-order valence-corrected chi connectivity index (χ0v) is 10.9. The van der Waals surface area contributed by atoms with Gasteiger partial charge in [0.25, 0.3) is 0 Å². The zero-order valence-electron chi connectivity index (χ0n) is 10.9. The van der Waals surface area contributed by atoms with Crippen molar-refractivity contribution in [3.63, 3.8) is 0 Å². The smallest absolute Gasteiger partial charge is 0.128 e. The monoisotopic (exact) mass is 242 g/mol. The maximum atomic E-state index is 5.41. The van der Waals surface area contributed by atoms with Crippen molar-refractivity contribution in [2.24, 2.45) is 0 Å². The molecule has 0 radical (unpaired) electrons. The summed E-state index contributed by atoms with van der Waals surface area (Å²) in [6, 6.07) is 8.06. The highest BCUT2D eigenvalue weighted by Crippen LogP contribution is 2.33. The summed E-state index contributed by atoms with van der Waals surface area (Å²) in [7, 11) is 1.71. The third-order valence-electron chi connectivity index (χ3n) is 3.67. The molecule has 18 heavy (non-hydrogen) atoms. The molecule has 0 fully saturated rings. The first kappa shape index (κ1) is 11.3. The molecular weight excluding hydrogens is 224 g/mol. The van der Waals surface area contributed by atoms with Crippen LogP contribution in [0.15, 0.2) is 30.5 Å². The van der Waals surface area contributed by atoms with Gasteiger partial charge in [-0.2, -0.15) is 0 Å². The first-order chi connectivity index (χ1) is 8.79. The lowest BCUT2D eigenvalue weighted by Gasteiger charge is -2.19. The Morgan fingerprint density at radius 1 is 1.33 bits per heavy atom. The van der Waals surface area contributed by atoms with Gasteiger partial charge in [-0.1, -0.05) is 19.1 Å². The lowest BCUT2D eigenvalue weighted by Crippen LogP contribution is -2.12. The third-order valence-corrected chi connectivity index (χ3v) is 3.67. The minimum atomic E-state index is 0.558. The van der Waals surface area contributed by atoms with Gasteiger partial charge in [-0.05, 0) is 25.0 Å². The van der Waals surface area contributed by atoms with Crippen LogP contribution in [0.4, 0.5) is 0 Å². The van der Waals surface area contributed by atoms with E-state index < -0.39 is 0 Å². The van der Waals surface area contributed by atoms with E-state index in [0.717, 1.165) is 23.6 Å². The first-order valence-corrected chi connectivity index (χ1v) is 6.50. The maximum Gasteiger partial charge on any atom is 0.128 e. The second kappa shape index (κ2) is 4.48. The first-order valence-electron chi connectivity index (χ1n) is 6.50. The summed E-state index contributed by atoms with van der Waals surface area (Å²) in [5.74, 6) is 2.66. The van der Waals surface area contributed by atoms with Gasteiger partial charge in [-0.3, -0.25) is 0 Å². The lowest BCUT2D eigenvalue weighted by atomic mass is 10.0. The van der Waals surface area contributed by atoms with Gasteiger partial charge in [0, 0.05) is 24.2 Å². The summed E-state index contributed by atoms with van der Waals surface area (Å²) in [6.45, 7) is 3.34. The molecule has 0 saturated carbocycles. The topological polar surface area (TPSA) is 27.1 Å². The van der Waals surface area contributed by atoms with Gasteiger partial charge < -0.3 is 9.30 Å². The van der Waals surface area contributed by atoms with Gasteiger partial charge in [-0.15, -0.1) is 0 Å². The molecule has 1 unspecified atom stereocenters. The van der Waals surface area contributed by atoms with Crippen LogP contribution in [0.25, 0.3) is 11.3 Å². The fraction of sp³-hybridized carbons (Fsp3) is 0.400. The van der Waals surface area contributed by atoms with E-state index in [4.69, 9.17) is 9.72 Å². The average Bonchev–Trinajstić information content (AvgIpc) is 2.84. The number of benzene rings is 1. The average molecular weight is 242 g/mol. The molecule has 1 atom stereocenters. The number of para-hydroxylation sites is 1. The molecule has 1 aromatic heterocycles. The zero-order chi connectivity index (χ0) is 12.5. The molecule has 0 bridgehead atoms. The van der Waals surface area contributed by atoms with Gasteiger partial charge in [0.1, 0.15) is 11.6 Å². The van der Waals surface area contributed by atoms with Crippen LogP contribution < -0.4 is 4.74 Å². The number of aromatic nitrogens is 2. The van der Waals surface area contributed by atoms with E-state index >= 15 is 0 Å². The largest absolute Gasteiger partial charge is 0.496 e. The van der Waals surface area contributed by atoms with Crippen LogP contribution >= 0.6 is 0 Å². The quantitative estimate of drug-likeness (QED) is 0.806. The number of fused-ring (bicyclic) bond motifs is 1. The Balaban J connectivity index is 2.07. The van der Waals surface area contributed by atoms with Gasteiger partial charge in [0.05, 0.1) is 12.8 Å². The summed E-state index contributed by atoms with van der Waals surface area (Å²) in [5.41, 5.74) is 2.10. The molecule has 3 rings (SSSR count). The Morgan fingerprint density at radius 3 is 2.94 bits per heavy atom. The molecule has 0 aliphatic carbocycles. The third kappa shape index (κ3) is 1.80. The van der Waals surface area contributed by atoms with E-state index in [-0.39, 0.29) is 0 Å². The molecule has 2 heterocycles. The van der Waals surface area contributed by atoms with Crippen molar-refractivity contribution in [3.05, 3.63) is 36.3 Å². The van der Waals surface area contributed by atoms with Crippen LogP contribution in [0.3, 0.4) is 0 Å². The molecular formula is C15H18N2O. The van der Waals surface area contributed by atoms with Gasteiger partial charge in [0.2, 0.25) is 0 Å². The molecule has 0 N–H and O–H groups in total. The molecule has 0 saturated heterocycles. The van der Waals surface area contributed by atoms with Gasteiger partial charge in [-0.25, -0.2) is 4.98 Å². The molecule has 1 aliphatic heterocycles. The van der Waals surface area contributed by atoms with E-state index in [9.17, 15) is 0 Å². The highest BCUT2D eigenvalue weighted by atomic mass is 16.5. The van der Waals surface area contributed by atoms with Gasteiger partial charge in [0.15, 0.2) is 0 Å². The minimum Gasteiger partial charge on any atom is -0.496 e. The normalized spacial score (nSPS) is 18.4. The summed E-state index contributed by atoms with van der Waals surface area (Å²) >= 11 is 0. The number of imidazole rings is 1. The van der Waals surface area contributed by atoms with Crippen LogP contribution in [0.5, 0.6) is 5.75 Å². The van der Waals surface area contributed by atoms with E-state index in [1.807, 2.05) is 18.2 Å². The van der Waals surface area contributed by atoms with Crippen LogP contribution in [-0.4, -0.2) is 16.7 Å². The van der Waals surface area contributed by atoms with Crippen molar-refractivity contribution in [1.82, 2.24) is 9.55 Å². The van der Waals surface area contributed by atoms with Crippen molar-refractivity contribution >= 4 is 0 Å². The summed E-state index contributed by atoms with van der Waals surface area (Å²) in [5, 5.41) is 0. The Bertz CT molecular complexity index is 559. The van der Waals surface area contributed by atoms with E-state index in [1.54, 1.807) is 7.11 Å². The van der Waals surface area contributed by atoms with Crippen LogP contribution in [-0.2, 0) is 6.54 Å². The Morgan fingerprint density at radius 2 is 2.17 bits per heavy atom. The highest BCUT2D eigenvalue weighted by Gasteiger charge is 2.20. The Hall–Kier alpha value is -1.77. The number of ether oxygens (including phenoxy) is 1. The summed E-state index contributed by atoms with van der Waals surface area (Å²) in [4.78, 5) is 4.79. The summed E-state index contributed by atoms with van der Waals surface area (Å²) in [6.07, 6.45) is 4.64. The molecule has 1 aromatic carbocycles. The number of aryl methyl sites for hydroxylation is 1. The van der Waals surface area contributed by atoms with E-state index in [1.165, 1.54) is 18.7 Å². The van der Waals surface area contributed by atoms with Crippen LogP contribution in [0.2, 0.25) is 0 Å². The number of methoxy groups -OCH3 is 1. The predicted octanol–water partition coefficient (Wildman–Crippen LogP) is 3.46. The lowest BCUT2D eigenvalue weighted by molar-refractivity contribution is 0.416. The molecule has 1 aliphatic rings. The number of rotatable bonds is 2. The second-order valence-corrected chi connectivity index (χ2v) is 4.92. The van der Waals surface area contributed by atoms with E-state index in [2.05, 4.69) is 23.8 Å². The Kier molecular flexibility index (Phi) is 2.82. The Labute approximate surface area is 107 Å². The molecule has 3 nitrogen and oxygen atoms in total. The fourth-order valence-corrected chi connectivity index (χ4v) is 2.69. The minimum absolute atomic E-state index is 0.558. The molecule has 0 amide bonds. The van der Waals surface area contributed by atoms with Crippen LogP contribution in [0, 0.1) is 0 Å². The van der Waals surface area contributed by atoms with Crippen molar-refractivity contribution < 1.29 is 4.74 Å². The molecule has 0 spiro atoms. The molecule has 2 aromatic rings. The highest BCUT2D eigenvalue weighted by molar-refractivity contribution is 5.66. The van der Waals surface area contributed by atoms with Crippen molar-refractivity contribution in [1.29, 1.82) is 0 Å². The van der Waals surface area contributed by atoms with Gasteiger partial charge >= 0.3 is 0 Å². The SMILES string of the molecule is COc1ccccc1-c1cn2c(n1)C(C)CCC2. The predicted molar refractivity (Wildman–Crippen MR) is 71.9 cm³/mol. The number of hydrogen-bond acceptors (Lipinski definition) is 2. The summed E-state index contributed by atoms with van der Waals surface area (Å²) < 4.78 is 7.70. The fourth-order valence-electron chi connectivity index (χ4n) is 2.69. The number of nitrogens with zero attached hydrogens (tertiary/aromatic N) is 2. The molecule has 94 valence electrons. The number of hydrogen-bond donors (Lipinski definition) is 0. The van der Waals surface area contributed by atoms with Crippen molar-refractivity contribution in [2.45, 2.75) is 32.2 Å². The van der Waals surface area contributed by atoms with Crippen molar-refractivity contribution in [2.75, 3.05) is 7.11 Å². The maximum absolute atomic E-state index is 5.41. The van der Waals surface area contributed by atoms with E-state index in [0.29, 0.717) is 5.92 Å². The standard InChI is InChI=1S/C15H18N2O/c1-11-6-5-9-17-10-13(16-15(11)17)12-7-3-4-8-14(12)18-2/h3-4,7-8,10-11H,5-6,9H2,1-2H3. The van der Waals surface area contributed by atoms with Crippen LogP contribution in [0.1, 0.15) is 31.5 Å². The second-order valence-electron chi connectivity index (χ2n) is 4.92.